The number of likely N-dealkylation sites (tertiary alicyclic amines) is 2. The van der Waals surface area contributed by atoms with Gasteiger partial charge in [-0.05, 0) is 37.8 Å². The molecule has 2 N–H and O–H groups in total. The van der Waals surface area contributed by atoms with E-state index in [0.29, 0.717) is 19.6 Å². The molecule has 1 amide bonds. The van der Waals surface area contributed by atoms with Gasteiger partial charge < -0.3 is 19.8 Å². The highest BCUT2D eigenvalue weighted by Gasteiger charge is 2.45. The Morgan fingerprint density at radius 1 is 1.22 bits per heavy atom. The summed E-state index contributed by atoms with van der Waals surface area (Å²) in [5.41, 5.74) is 0.0434. The van der Waals surface area contributed by atoms with Gasteiger partial charge in [-0.1, -0.05) is 0 Å². The van der Waals surface area contributed by atoms with E-state index in [1.165, 1.54) is 0 Å². The van der Waals surface area contributed by atoms with Gasteiger partial charge in [-0.25, -0.2) is 0 Å². The molecular formula is C16H28N2O5. The molecule has 2 aliphatic rings. The quantitative estimate of drug-likeness (QED) is 0.715. The predicted molar refractivity (Wildman–Crippen MR) is 84.0 cm³/mol. The van der Waals surface area contributed by atoms with E-state index in [-0.39, 0.29) is 30.4 Å². The molecule has 1 spiro atoms. The molecule has 7 heteroatoms. The van der Waals surface area contributed by atoms with E-state index in [0.717, 1.165) is 38.9 Å². The van der Waals surface area contributed by atoms with Crippen LogP contribution < -0.4 is 0 Å². The molecule has 2 aliphatic heterocycles. The molecule has 7 nitrogen and oxygen atoms in total. The van der Waals surface area contributed by atoms with Gasteiger partial charge in [0.15, 0.2) is 0 Å². The van der Waals surface area contributed by atoms with Crippen molar-refractivity contribution in [3.05, 3.63) is 0 Å². The summed E-state index contributed by atoms with van der Waals surface area (Å²) in [6.45, 7) is 3.40. The van der Waals surface area contributed by atoms with Crippen molar-refractivity contribution in [1.29, 1.82) is 0 Å². The fourth-order valence-corrected chi connectivity index (χ4v) is 3.94. The number of aliphatic hydroxyl groups excluding tert-OH is 1. The summed E-state index contributed by atoms with van der Waals surface area (Å²) < 4.78 is 4.96. The number of piperidine rings is 2. The predicted octanol–water partition coefficient (Wildman–Crippen LogP) is 0.0305. The number of hydrogen-bond acceptors (Lipinski definition) is 5. The number of hydrogen-bond donors (Lipinski definition) is 2. The van der Waals surface area contributed by atoms with Gasteiger partial charge in [0.2, 0.25) is 5.91 Å². The lowest BCUT2D eigenvalue weighted by Crippen LogP contribution is -2.55. The Morgan fingerprint density at radius 2 is 1.87 bits per heavy atom. The van der Waals surface area contributed by atoms with E-state index < -0.39 is 5.97 Å². The molecule has 0 aromatic rings. The van der Waals surface area contributed by atoms with Gasteiger partial charge in [0.25, 0.3) is 0 Å². The van der Waals surface area contributed by atoms with E-state index in [2.05, 4.69) is 0 Å². The zero-order valence-electron chi connectivity index (χ0n) is 13.9. The summed E-state index contributed by atoms with van der Waals surface area (Å²) in [4.78, 5) is 26.8. The minimum absolute atomic E-state index is 0.0434. The van der Waals surface area contributed by atoms with Gasteiger partial charge in [0, 0.05) is 32.7 Å². The van der Waals surface area contributed by atoms with Crippen LogP contribution in [0.25, 0.3) is 0 Å². The third-order valence-electron chi connectivity index (χ3n) is 5.49. The number of aliphatic carboxylic acids is 1. The molecule has 0 unspecified atom stereocenters. The molecule has 0 aromatic carbocycles. The number of methoxy groups -OCH3 is 1. The standard InChI is InChI=1S/C16H28N2O5/c1-23-9-2-14(20)18-8-5-16(13(10-18)12-19)3-6-17(7-4-16)11-15(21)22/h13,19H,2-12H2,1H3,(H,21,22)/t13-/m0/s1. The molecule has 2 fully saturated rings. The maximum atomic E-state index is 12.2. The molecule has 132 valence electrons. The van der Waals surface area contributed by atoms with Crippen LogP contribution in [0.5, 0.6) is 0 Å². The van der Waals surface area contributed by atoms with Crippen molar-refractivity contribution in [2.24, 2.45) is 11.3 Å². The minimum atomic E-state index is -0.793. The first-order chi connectivity index (χ1) is 11.0. The highest BCUT2D eigenvalue weighted by Crippen LogP contribution is 2.45. The minimum Gasteiger partial charge on any atom is -0.480 e. The van der Waals surface area contributed by atoms with Gasteiger partial charge >= 0.3 is 5.97 Å². The van der Waals surface area contributed by atoms with Crippen molar-refractivity contribution >= 4 is 11.9 Å². The lowest BCUT2D eigenvalue weighted by molar-refractivity contribution is -0.142. The Hall–Kier alpha value is -1.18. The normalized spacial score (nSPS) is 24.8. The van der Waals surface area contributed by atoms with E-state index in [1.54, 1.807) is 7.11 Å². The Bertz CT molecular complexity index is 421. The number of aliphatic hydroxyl groups is 1. The van der Waals surface area contributed by atoms with Crippen molar-refractivity contribution in [3.8, 4) is 0 Å². The first kappa shape index (κ1) is 18.2. The summed E-state index contributed by atoms with van der Waals surface area (Å²) in [5, 5.41) is 18.7. The zero-order valence-corrected chi connectivity index (χ0v) is 13.9. The first-order valence-corrected chi connectivity index (χ1v) is 8.32. The number of ether oxygens (including phenoxy) is 1. The summed E-state index contributed by atoms with van der Waals surface area (Å²) in [6.07, 6.45) is 3.06. The topological polar surface area (TPSA) is 90.3 Å². The number of carbonyl (C=O) groups excluding carboxylic acids is 1. The second-order valence-corrected chi connectivity index (χ2v) is 6.74. The maximum Gasteiger partial charge on any atom is 0.317 e. The number of carboxylic acid groups (broad SMARTS) is 1. The SMILES string of the molecule is COCCC(=O)N1CCC2(CCN(CC(=O)O)CC2)[C@H](CO)C1. The number of carbonyl (C=O) groups is 2. The molecule has 2 rings (SSSR count). The van der Waals surface area contributed by atoms with Gasteiger partial charge in [-0.2, -0.15) is 0 Å². The van der Waals surface area contributed by atoms with Gasteiger partial charge in [-0.3, -0.25) is 14.5 Å². The van der Waals surface area contributed by atoms with Crippen LogP contribution in [0.2, 0.25) is 0 Å². The third kappa shape index (κ3) is 4.43. The molecule has 0 radical (unpaired) electrons. The van der Waals surface area contributed by atoms with Crippen LogP contribution in [0, 0.1) is 11.3 Å². The average Bonchev–Trinajstić information content (AvgIpc) is 2.55. The average molecular weight is 328 g/mol. The van der Waals surface area contributed by atoms with Crippen LogP contribution in [0.3, 0.4) is 0 Å². The highest BCUT2D eigenvalue weighted by molar-refractivity contribution is 5.76. The van der Waals surface area contributed by atoms with Gasteiger partial charge in [0.05, 0.1) is 19.6 Å². The first-order valence-electron chi connectivity index (χ1n) is 8.32. The van der Waals surface area contributed by atoms with Crippen LogP contribution >= 0.6 is 0 Å². The van der Waals surface area contributed by atoms with Gasteiger partial charge in [0.1, 0.15) is 0 Å². The summed E-state index contributed by atoms with van der Waals surface area (Å²) in [5.74, 6) is -0.628. The fraction of sp³-hybridized carbons (Fsp3) is 0.875. The van der Waals surface area contributed by atoms with E-state index in [1.807, 2.05) is 9.80 Å². The second kappa shape index (κ2) is 8.08. The van der Waals surface area contributed by atoms with Crippen molar-refractivity contribution in [1.82, 2.24) is 9.80 Å². The molecule has 1 atom stereocenters. The molecule has 2 heterocycles. The Labute approximate surface area is 137 Å². The van der Waals surface area contributed by atoms with Crippen LogP contribution in [-0.2, 0) is 14.3 Å². The summed E-state index contributed by atoms with van der Waals surface area (Å²) in [7, 11) is 1.58. The number of rotatable bonds is 6. The van der Waals surface area contributed by atoms with Crippen LogP contribution in [0.4, 0.5) is 0 Å². The molecule has 0 aromatic heterocycles. The largest absolute Gasteiger partial charge is 0.480 e. The van der Waals surface area contributed by atoms with E-state index in [9.17, 15) is 14.7 Å². The number of amides is 1. The van der Waals surface area contributed by atoms with Crippen molar-refractivity contribution in [2.45, 2.75) is 25.7 Å². The van der Waals surface area contributed by atoms with Crippen molar-refractivity contribution in [2.75, 3.05) is 53.0 Å². The molecule has 0 saturated carbocycles. The van der Waals surface area contributed by atoms with Crippen molar-refractivity contribution < 1.29 is 24.5 Å². The van der Waals surface area contributed by atoms with Crippen LogP contribution in [0.15, 0.2) is 0 Å². The number of carboxylic acids is 1. The van der Waals surface area contributed by atoms with Crippen molar-refractivity contribution in [3.63, 3.8) is 0 Å². The second-order valence-electron chi connectivity index (χ2n) is 6.74. The van der Waals surface area contributed by atoms with E-state index in [4.69, 9.17) is 9.84 Å². The van der Waals surface area contributed by atoms with Gasteiger partial charge in [-0.15, -0.1) is 0 Å². The van der Waals surface area contributed by atoms with Crippen LogP contribution in [0.1, 0.15) is 25.7 Å². The number of nitrogens with zero attached hydrogens (tertiary/aromatic N) is 2. The molecule has 0 aliphatic carbocycles. The smallest absolute Gasteiger partial charge is 0.317 e. The molecule has 0 bridgehead atoms. The Morgan fingerprint density at radius 3 is 2.43 bits per heavy atom. The third-order valence-corrected chi connectivity index (χ3v) is 5.49. The van der Waals surface area contributed by atoms with E-state index >= 15 is 0 Å². The molecule has 23 heavy (non-hydrogen) atoms. The zero-order chi connectivity index (χ0) is 16.9. The molecule has 2 saturated heterocycles. The maximum absolute atomic E-state index is 12.2. The molecular weight excluding hydrogens is 300 g/mol. The Kier molecular flexibility index (Phi) is 6.38. The highest BCUT2D eigenvalue weighted by atomic mass is 16.5. The fourth-order valence-electron chi connectivity index (χ4n) is 3.94. The summed E-state index contributed by atoms with van der Waals surface area (Å²) >= 11 is 0. The van der Waals surface area contributed by atoms with Crippen LogP contribution in [-0.4, -0.2) is 84.9 Å². The monoisotopic (exact) mass is 328 g/mol. The summed E-state index contributed by atoms with van der Waals surface area (Å²) in [6, 6.07) is 0. The lowest BCUT2D eigenvalue weighted by Gasteiger charge is -2.51. The lowest BCUT2D eigenvalue weighted by atomic mass is 9.64. The Balaban J connectivity index is 1.92.